The van der Waals surface area contributed by atoms with Crippen LogP contribution in [0.3, 0.4) is 0 Å². The van der Waals surface area contributed by atoms with Gasteiger partial charge in [-0.25, -0.2) is 12.8 Å². The smallest absolute Gasteiger partial charge is 0.263 e. The molecule has 0 radical (unpaired) electrons. The van der Waals surface area contributed by atoms with Gasteiger partial charge in [-0.2, -0.15) is 0 Å². The summed E-state index contributed by atoms with van der Waals surface area (Å²) in [4.78, 5) is 0.815. The van der Waals surface area contributed by atoms with Crippen LogP contribution in [0.1, 0.15) is 4.88 Å². The van der Waals surface area contributed by atoms with Gasteiger partial charge in [0.2, 0.25) is 0 Å². The molecule has 1 aromatic heterocycles. The fraction of sp³-hybridized carbons (Fsp3) is 0.0909. The van der Waals surface area contributed by atoms with E-state index in [4.69, 9.17) is 5.73 Å². The Labute approximate surface area is 136 Å². The van der Waals surface area contributed by atoms with Crippen LogP contribution in [0.2, 0.25) is 0 Å². The first-order chi connectivity index (χ1) is 9.33. The van der Waals surface area contributed by atoms with E-state index in [2.05, 4.69) is 36.6 Å². The van der Waals surface area contributed by atoms with Crippen molar-refractivity contribution in [3.8, 4) is 0 Å². The molecule has 0 atom stereocenters. The average Bonchev–Trinajstić information content (AvgIpc) is 2.76. The highest BCUT2D eigenvalue weighted by molar-refractivity contribution is 9.11. The van der Waals surface area contributed by atoms with Crippen LogP contribution in [0.25, 0.3) is 0 Å². The van der Waals surface area contributed by atoms with Gasteiger partial charge in [-0.15, -0.1) is 11.3 Å². The van der Waals surface area contributed by atoms with Gasteiger partial charge in [0.05, 0.1) is 9.47 Å². The summed E-state index contributed by atoms with van der Waals surface area (Å²) in [6.45, 7) is 0.252. The molecule has 0 aliphatic rings. The monoisotopic (exact) mass is 442 g/mol. The molecule has 0 bridgehead atoms. The van der Waals surface area contributed by atoms with Gasteiger partial charge in [0, 0.05) is 15.9 Å². The molecule has 0 spiro atoms. The van der Waals surface area contributed by atoms with Gasteiger partial charge in [-0.3, -0.25) is 4.72 Å². The molecule has 9 heteroatoms. The molecule has 108 valence electrons. The summed E-state index contributed by atoms with van der Waals surface area (Å²) in [6.07, 6.45) is 0. The van der Waals surface area contributed by atoms with E-state index >= 15 is 0 Å². The van der Waals surface area contributed by atoms with E-state index in [1.807, 2.05) is 0 Å². The molecular formula is C11H9Br2FN2O2S2. The van der Waals surface area contributed by atoms with Crippen LogP contribution in [0.5, 0.6) is 0 Å². The van der Waals surface area contributed by atoms with Crippen LogP contribution in [0.15, 0.2) is 37.4 Å². The highest BCUT2D eigenvalue weighted by Gasteiger charge is 2.21. The number of thiophene rings is 1. The molecule has 20 heavy (non-hydrogen) atoms. The third-order valence-corrected chi connectivity index (χ3v) is 6.70. The van der Waals surface area contributed by atoms with Crippen molar-refractivity contribution >= 4 is 58.9 Å². The van der Waals surface area contributed by atoms with E-state index < -0.39 is 15.8 Å². The van der Waals surface area contributed by atoms with Crippen molar-refractivity contribution in [2.45, 2.75) is 11.4 Å². The second-order valence-electron chi connectivity index (χ2n) is 3.78. The fourth-order valence-electron chi connectivity index (χ4n) is 1.46. The van der Waals surface area contributed by atoms with Crippen LogP contribution in [-0.2, 0) is 16.6 Å². The lowest BCUT2D eigenvalue weighted by molar-refractivity contribution is 0.601. The van der Waals surface area contributed by atoms with Gasteiger partial charge in [-0.05, 0) is 56.1 Å². The lowest BCUT2D eigenvalue weighted by Crippen LogP contribution is -2.13. The first-order valence-electron chi connectivity index (χ1n) is 5.29. The number of anilines is 1. The number of hydrogen-bond donors (Lipinski definition) is 2. The largest absolute Gasteiger partial charge is 0.326 e. The van der Waals surface area contributed by atoms with Crippen molar-refractivity contribution in [3.05, 3.63) is 43.2 Å². The van der Waals surface area contributed by atoms with Crippen molar-refractivity contribution in [1.29, 1.82) is 0 Å². The molecule has 0 unspecified atom stereocenters. The number of sulfonamides is 1. The maximum absolute atomic E-state index is 13.2. The van der Waals surface area contributed by atoms with E-state index in [1.165, 1.54) is 29.5 Å². The molecule has 0 saturated heterocycles. The predicted octanol–water partition coefficient (Wildman–Crippen LogP) is 3.67. The molecule has 4 nitrogen and oxygen atoms in total. The SMILES string of the molecule is NCc1cc(S(=O)(=O)Nc2cc(F)ccc2Br)c(Br)s1. The Kier molecular flexibility index (Phi) is 4.85. The predicted molar refractivity (Wildman–Crippen MR) is 84.8 cm³/mol. The summed E-state index contributed by atoms with van der Waals surface area (Å²) in [7, 11) is -3.81. The van der Waals surface area contributed by atoms with Crippen molar-refractivity contribution in [2.24, 2.45) is 5.73 Å². The molecular weight excluding hydrogens is 435 g/mol. The van der Waals surface area contributed by atoms with Gasteiger partial charge in [-0.1, -0.05) is 0 Å². The van der Waals surface area contributed by atoms with Crippen LogP contribution >= 0.6 is 43.2 Å². The van der Waals surface area contributed by atoms with Gasteiger partial charge in [0.25, 0.3) is 10.0 Å². The Bertz CT molecular complexity index is 747. The summed E-state index contributed by atoms with van der Waals surface area (Å²) < 4.78 is 41.0. The third-order valence-electron chi connectivity index (χ3n) is 2.37. The second kappa shape index (κ2) is 6.10. The first-order valence-corrected chi connectivity index (χ1v) is 9.18. The zero-order chi connectivity index (χ0) is 14.9. The van der Waals surface area contributed by atoms with Crippen molar-refractivity contribution in [2.75, 3.05) is 4.72 Å². The fourth-order valence-corrected chi connectivity index (χ4v) is 5.57. The maximum atomic E-state index is 13.2. The Morgan fingerprint density at radius 1 is 1.30 bits per heavy atom. The van der Waals surface area contributed by atoms with E-state index in [0.29, 0.717) is 8.26 Å². The number of nitrogens with one attached hydrogen (secondary N) is 1. The molecule has 0 aliphatic heterocycles. The Morgan fingerprint density at radius 2 is 2.00 bits per heavy atom. The number of halogens is 3. The summed E-state index contributed by atoms with van der Waals surface area (Å²) in [6, 6.07) is 5.26. The second-order valence-corrected chi connectivity index (χ2v) is 8.74. The van der Waals surface area contributed by atoms with Crippen molar-refractivity contribution in [1.82, 2.24) is 0 Å². The summed E-state index contributed by atoms with van der Waals surface area (Å²) in [5.74, 6) is -0.530. The number of nitrogens with two attached hydrogens (primary N) is 1. The lowest BCUT2D eigenvalue weighted by atomic mass is 10.3. The van der Waals surface area contributed by atoms with E-state index in [9.17, 15) is 12.8 Å². The van der Waals surface area contributed by atoms with E-state index in [0.717, 1.165) is 10.9 Å². The van der Waals surface area contributed by atoms with Crippen LogP contribution in [0.4, 0.5) is 10.1 Å². The summed E-state index contributed by atoms with van der Waals surface area (Å²) in [5, 5.41) is 0. The minimum absolute atomic E-state index is 0.0825. The normalized spacial score (nSPS) is 11.6. The molecule has 2 aromatic rings. The Balaban J connectivity index is 2.40. The molecule has 3 N–H and O–H groups in total. The highest BCUT2D eigenvalue weighted by atomic mass is 79.9. The summed E-state index contributed by atoms with van der Waals surface area (Å²) in [5.41, 5.74) is 5.63. The zero-order valence-corrected chi connectivity index (χ0v) is 14.7. The van der Waals surface area contributed by atoms with Gasteiger partial charge >= 0.3 is 0 Å². The molecule has 0 fully saturated rings. The molecule has 2 rings (SSSR count). The molecule has 1 heterocycles. The van der Waals surface area contributed by atoms with Gasteiger partial charge < -0.3 is 5.73 Å². The first kappa shape index (κ1) is 15.9. The highest BCUT2D eigenvalue weighted by Crippen LogP contribution is 2.33. The minimum atomic E-state index is -3.81. The number of rotatable bonds is 4. The molecule has 0 amide bonds. The number of hydrogen-bond acceptors (Lipinski definition) is 4. The zero-order valence-electron chi connectivity index (χ0n) is 9.86. The van der Waals surface area contributed by atoms with Crippen LogP contribution < -0.4 is 10.5 Å². The van der Waals surface area contributed by atoms with Crippen molar-refractivity contribution in [3.63, 3.8) is 0 Å². The standard InChI is InChI=1S/C11H9Br2FN2O2S2/c12-8-2-1-6(14)3-9(8)16-20(17,18)10-4-7(5-15)19-11(10)13/h1-4,16H,5,15H2. The van der Waals surface area contributed by atoms with Crippen LogP contribution in [-0.4, -0.2) is 8.42 Å². The lowest BCUT2D eigenvalue weighted by Gasteiger charge is -2.09. The maximum Gasteiger partial charge on any atom is 0.263 e. The quantitative estimate of drug-likeness (QED) is 0.757. The molecule has 0 saturated carbocycles. The van der Waals surface area contributed by atoms with Gasteiger partial charge in [0.1, 0.15) is 10.7 Å². The Hall–Kier alpha value is -0.480. The van der Waals surface area contributed by atoms with Crippen molar-refractivity contribution < 1.29 is 12.8 Å². The third kappa shape index (κ3) is 3.40. The Morgan fingerprint density at radius 3 is 2.60 bits per heavy atom. The molecule has 0 aliphatic carbocycles. The topological polar surface area (TPSA) is 72.2 Å². The minimum Gasteiger partial charge on any atom is -0.326 e. The number of benzene rings is 1. The average molecular weight is 444 g/mol. The van der Waals surface area contributed by atoms with E-state index in [1.54, 1.807) is 0 Å². The summed E-state index contributed by atoms with van der Waals surface area (Å²) >= 11 is 7.61. The van der Waals surface area contributed by atoms with Gasteiger partial charge in [0.15, 0.2) is 0 Å². The molecule has 1 aromatic carbocycles. The van der Waals surface area contributed by atoms with Crippen LogP contribution in [0, 0.1) is 5.82 Å². The van der Waals surface area contributed by atoms with E-state index in [-0.39, 0.29) is 17.1 Å².